The Morgan fingerprint density at radius 3 is 2.47 bits per heavy atom. The smallest absolute Gasteiger partial charge is 0.220 e. The number of rotatable bonds is 10. The van der Waals surface area contributed by atoms with E-state index in [2.05, 4.69) is 12.2 Å². The average Bonchev–Trinajstić information content (AvgIpc) is 2.29. The Hall–Kier alpha value is -1.10. The van der Waals surface area contributed by atoms with Crippen molar-refractivity contribution in [2.45, 2.75) is 45.4 Å². The molecule has 0 saturated carbocycles. The molecule has 0 spiro atoms. The molecule has 0 saturated heterocycles. The predicted molar refractivity (Wildman–Crippen MR) is 68.1 cm³/mol. The van der Waals surface area contributed by atoms with E-state index in [0.29, 0.717) is 38.3 Å². The molecule has 1 unspecified atom stereocenters. The molecule has 0 aromatic rings. The molecule has 0 aromatic heterocycles. The maximum Gasteiger partial charge on any atom is 0.220 e. The summed E-state index contributed by atoms with van der Waals surface area (Å²) in [4.78, 5) is 21.9. The third kappa shape index (κ3) is 9.81. The number of nitrogens with one attached hydrogen (secondary N) is 1. The number of primary amides is 1. The highest BCUT2D eigenvalue weighted by Gasteiger charge is 2.08. The Labute approximate surface area is 103 Å². The molecule has 0 radical (unpaired) electrons. The molecular formula is C12H25N3O2. The topological polar surface area (TPSA) is 98.2 Å². The first-order valence-corrected chi connectivity index (χ1v) is 6.35. The highest BCUT2D eigenvalue weighted by Crippen LogP contribution is 2.14. The number of carbonyl (C=O) groups is 2. The molecule has 5 nitrogen and oxygen atoms in total. The molecule has 0 rings (SSSR count). The van der Waals surface area contributed by atoms with Crippen LogP contribution in [0.2, 0.25) is 0 Å². The average molecular weight is 243 g/mol. The fourth-order valence-corrected chi connectivity index (χ4v) is 1.70. The highest BCUT2D eigenvalue weighted by atomic mass is 16.2. The second-order valence-electron chi connectivity index (χ2n) is 4.31. The van der Waals surface area contributed by atoms with Crippen molar-refractivity contribution < 1.29 is 9.59 Å². The second-order valence-corrected chi connectivity index (χ2v) is 4.31. The van der Waals surface area contributed by atoms with Crippen LogP contribution in [-0.2, 0) is 9.59 Å². The molecule has 0 aromatic carbocycles. The number of amides is 2. The first kappa shape index (κ1) is 15.9. The summed E-state index contributed by atoms with van der Waals surface area (Å²) in [7, 11) is 0. The monoisotopic (exact) mass is 243 g/mol. The molecule has 0 aliphatic heterocycles. The first-order chi connectivity index (χ1) is 8.10. The third-order valence-electron chi connectivity index (χ3n) is 2.85. The van der Waals surface area contributed by atoms with Gasteiger partial charge in [-0.25, -0.2) is 0 Å². The summed E-state index contributed by atoms with van der Waals surface area (Å²) in [5.41, 5.74) is 10.5. The summed E-state index contributed by atoms with van der Waals surface area (Å²) in [5.74, 6) is 0.259. The van der Waals surface area contributed by atoms with E-state index in [-0.39, 0.29) is 11.8 Å². The van der Waals surface area contributed by atoms with Crippen molar-refractivity contribution in [2.75, 3.05) is 13.1 Å². The lowest BCUT2D eigenvalue weighted by Crippen LogP contribution is -2.26. The quantitative estimate of drug-likeness (QED) is 0.488. The molecule has 5 N–H and O–H groups in total. The van der Waals surface area contributed by atoms with E-state index in [0.717, 1.165) is 19.3 Å². The van der Waals surface area contributed by atoms with Gasteiger partial charge in [0.2, 0.25) is 11.8 Å². The van der Waals surface area contributed by atoms with Crippen LogP contribution in [0.25, 0.3) is 0 Å². The number of nitrogens with two attached hydrogens (primary N) is 2. The fraction of sp³-hybridized carbons (Fsp3) is 0.833. The fourth-order valence-electron chi connectivity index (χ4n) is 1.70. The van der Waals surface area contributed by atoms with E-state index in [1.54, 1.807) is 0 Å². The SMILES string of the molecule is CCC(CCN)CCC(=O)NCCCC(N)=O. The molecule has 5 heteroatoms. The molecule has 2 amide bonds. The molecule has 0 aliphatic rings. The van der Waals surface area contributed by atoms with Gasteiger partial charge in [-0.1, -0.05) is 13.3 Å². The second kappa shape index (κ2) is 10.1. The zero-order valence-electron chi connectivity index (χ0n) is 10.7. The standard InChI is InChI=1S/C12H25N3O2/c1-2-10(7-8-13)5-6-12(17)15-9-3-4-11(14)16/h10H,2-9,13H2,1H3,(H2,14,16)(H,15,17). The van der Waals surface area contributed by atoms with Crippen LogP contribution in [0, 0.1) is 5.92 Å². The van der Waals surface area contributed by atoms with E-state index in [1.165, 1.54) is 0 Å². The summed E-state index contributed by atoms with van der Waals surface area (Å²) in [6, 6.07) is 0. The molecule has 17 heavy (non-hydrogen) atoms. The van der Waals surface area contributed by atoms with E-state index in [1.807, 2.05) is 0 Å². The van der Waals surface area contributed by atoms with Gasteiger partial charge < -0.3 is 16.8 Å². The van der Waals surface area contributed by atoms with Gasteiger partial charge in [0.25, 0.3) is 0 Å². The third-order valence-corrected chi connectivity index (χ3v) is 2.85. The van der Waals surface area contributed by atoms with Gasteiger partial charge >= 0.3 is 0 Å². The predicted octanol–water partition coefficient (Wildman–Crippen LogP) is 0.523. The van der Waals surface area contributed by atoms with Crippen molar-refractivity contribution in [1.82, 2.24) is 5.32 Å². The lowest BCUT2D eigenvalue weighted by atomic mass is 9.96. The summed E-state index contributed by atoms with van der Waals surface area (Å²) in [6.45, 7) is 3.32. The molecule has 1 atom stereocenters. The van der Waals surface area contributed by atoms with Crippen molar-refractivity contribution in [2.24, 2.45) is 17.4 Å². The van der Waals surface area contributed by atoms with E-state index >= 15 is 0 Å². The number of hydrogen-bond acceptors (Lipinski definition) is 3. The number of carbonyl (C=O) groups excluding carboxylic acids is 2. The van der Waals surface area contributed by atoms with Crippen molar-refractivity contribution >= 4 is 11.8 Å². The first-order valence-electron chi connectivity index (χ1n) is 6.35. The largest absolute Gasteiger partial charge is 0.370 e. The Kier molecular flexibility index (Phi) is 9.43. The molecule has 0 bridgehead atoms. The van der Waals surface area contributed by atoms with E-state index in [9.17, 15) is 9.59 Å². The van der Waals surface area contributed by atoms with Gasteiger partial charge in [0.05, 0.1) is 0 Å². The van der Waals surface area contributed by atoms with Crippen molar-refractivity contribution in [1.29, 1.82) is 0 Å². The molecule has 100 valence electrons. The normalized spacial score (nSPS) is 12.1. The van der Waals surface area contributed by atoms with Gasteiger partial charge in [0, 0.05) is 19.4 Å². The van der Waals surface area contributed by atoms with Gasteiger partial charge in [-0.2, -0.15) is 0 Å². The van der Waals surface area contributed by atoms with Crippen LogP contribution in [0.5, 0.6) is 0 Å². The zero-order valence-corrected chi connectivity index (χ0v) is 10.7. The summed E-state index contributed by atoms with van der Waals surface area (Å²) >= 11 is 0. The van der Waals surface area contributed by atoms with Gasteiger partial charge in [-0.15, -0.1) is 0 Å². The van der Waals surface area contributed by atoms with E-state index < -0.39 is 0 Å². The minimum Gasteiger partial charge on any atom is -0.370 e. The van der Waals surface area contributed by atoms with Crippen LogP contribution >= 0.6 is 0 Å². The van der Waals surface area contributed by atoms with Crippen LogP contribution < -0.4 is 16.8 Å². The van der Waals surface area contributed by atoms with E-state index in [4.69, 9.17) is 11.5 Å². The maximum absolute atomic E-state index is 11.5. The summed E-state index contributed by atoms with van der Waals surface area (Å²) < 4.78 is 0. The van der Waals surface area contributed by atoms with Crippen molar-refractivity contribution in [3.8, 4) is 0 Å². The Bertz CT molecular complexity index is 232. The van der Waals surface area contributed by atoms with Crippen molar-refractivity contribution in [3.05, 3.63) is 0 Å². The van der Waals surface area contributed by atoms with Gasteiger partial charge in [-0.05, 0) is 31.7 Å². The van der Waals surface area contributed by atoms with Crippen molar-refractivity contribution in [3.63, 3.8) is 0 Å². The van der Waals surface area contributed by atoms with Crippen LogP contribution in [0.3, 0.4) is 0 Å². The molecule has 0 fully saturated rings. The lowest BCUT2D eigenvalue weighted by molar-refractivity contribution is -0.122. The van der Waals surface area contributed by atoms with Gasteiger partial charge in [0.15, 0.2) is 0 Å². The highest BCUT2D eigenvalue weighted by molar-refractivity contribution is 5.76. The van der Waals surface area contributed by atoms with Gasteiger partial charge in [0.1, 0.15) is 0 Å². The minimum atomic E-state index is -0.326. The van der Waals surface area contributed by atoms with Crippen LogP contribution in [-0.4, -0.2) is 24.9 Å². The minimum absolute atomic E-state index is 0.0462. The Morgan fingerprint density at radius 2 is 1.94 bits per heavy atom. The van der Waals surface area contributed by atoms with Gasteiger partial charge in [-0.3, -0.25) is 9.59 Å². The summed E-state index contributed by atoms with van der Waals surface area (Å²) in [6.07, 6.45) is 4.40. The lowest BCUT2D eigenvalue weighted by Gasteiger charge is -2.13. The van der Waals surface area contributed by atoms with Crippen LogP contribution in [0.1, 0.15) is 45.4 Å². The number of hydrogen-bond donors (Lipinski definition) is 3. The molecule has 0 heterocycles. The zero-order chi connectivity index (χ0) is 13.1. The van der Waals surface area contributed by atoms with Crippen LogP contribution in [0.15, 0.2) is 0 Å². The Balaban J connectivity index is 3.54. The van der Waals surface area contributed by atoms with Crippen LogP contribution in [0.4, 0.5) is 0 Å². The summed E-state index contributed by atoms with van der Waals surface area (Å²) in [5, 5.41) is 2.78. The maximum atomic E-state index is 11.5. The molecule has 0 aliphatic carbocycles. The molecular weight excluding hydrogens is 218 g/mol. The Morgan fingerprint density at radius 1 is 1.24 bits per heavy atom.